The molecule has 0 aromatic heterocycles. The first kappa shape index (κ1) is 15.7. The van der Waals surface area contributed by atoms with Gasteiger partial charge in [0.2, 0.25) is 0 Å². The van der Waals surface area contributed by atoms with Crippen molar-refractivity contribution in [2.45, 2.75) is 17.3 Å². The number of hydrogen-bond donors (Lipinski definition) is 0. The fraction of sp³-hybridized carbons (Fsp3) is 1.00. The molecule has 33 valence electrons. The Morgan fingerprint density at radius 2 is 1.00 bits per heavy atom. The van der Waals surface area contributed by atoms with Gasteiger partial charge in [0.1, 0.15) is 0 Å². The molecule has 0 aromatic rings. The normalized spacial score (nSPS) is 6.00. The molecule has 0 aliphatic rings. The average Bonchev–Trinajstić information content (AvgIpc) is 0.811. The van der Waals surface area contributed by atoms with E-state index in [2.05, 4.69) is 17.3 Å². The van der Waals surface area contributed by atoms with Crippen LogP contribution in [0.15, 0.2) is 0 Å². The van der Waals surface area contributed by atoms with Crippen molar-refractivity contribution in [3.63, 3.8) is 0 Å². The topological polar surface area (TPSA) is 30.0 Å². The molecule has 0 heterocycles. The second kappa shape index (κ2) is 9.44. The van der Waals surface area contributed by atoms with Gasteiger partial charge in [0.25, 0.3) is 0 Å². The van der Waals surface area contributed by atoms with Crippen LogP contribution in [0.2, 0.25) is 17.3 Å². The summed E-state index contributed by atoms with van der Waals surface area (Å²) >= 11 is -0.333. The van der Waals surface area contributed by atoms with Crippen LogP contribution in [-0.2, 0) is 0 Å². The minimum atomic E-state index is -0.333. The van der Waals surface area contributed by atoms with Gasteiger partial charge >= 0.3 is 50.5 Å². The van der Waals surface area contributed by atoms with E-state index in [0.29, 0.717) is 0 Å². The van der Waals surface area contributed by atoms with E-state index in [1.807, 2.05) is 0 Å². The molecule has 0 saturated heterocycles. The van der Waals surface area contributed by atoms with E-state index in [4.69, 9.17) is 0 Å². The van der Waals surface area contributed by atoms with Crippen LogP contribution in [0.5, 0.6) is 0 Å². The van der Waals surface area contributed by atoms with Crippen LogP contribution in [0, 0.1) is 0 Å². The molecule has 0 spiro atoms. The standard InChI is InChI=1S/C3H9Ge.Li.H2O/c1-4(2)3;;/h1-3H3;;1H2/q;+1;/p-1. The van der Waals surface area contributed by atoms with Gasteiger partial charge in [-0.3, -0.25) is 0 Å². The molecular weight excluding hydrogens is 132 g/mol. The monoisotopic (exact) mass is 143 g/mol. The summed E-state index contributed by atoms with van der Waals surface area (Å²) in [5.41, 5.74) is 0. The fourth-order valence-corrected chi connectivity index (χ4v) is 0. The fourth-order valence-electron chi connectivity index (χ4n) is 0. The molecule has 0 amide bonds. The predicted molar refractivity (Wildman–Crippen MR) is 25.3 cm³/mol. The van der Waals surface area contributed by atoms with Gasteiger partial charge in [-0.1, -0.05) is 0 Å². The zero-order chi connectivity index (χ0) is 3.58. The van der Waals surface area contributed by atoms with Crippen LogP contribution in [0.25, 0.3) is 0 Å². The van der Waals surface area contributed by atoms with Gasteiger partial charge in [-0.05, 0) is 0 Å². The van der Waals surface area contributed by atoms with Crippen molar-refractivity contribution in [3.05, 3.63) is 0 Å². The van der Waals surface area contributed by atoms with E-state index in [9.17, 15) is 0 Å². The van der Waals surface area contributed by atoms with E-state index in [-0.39, 0.29) is 38.7 Å². The van der Waals surface area contributed by atoms with Crippen molar-refractivity contribution in [1.82, 2.24) is 0 Å². The van der Waals surface area contributed by atoms with Crippen LogP contribution >= 0.6 is 0 Å². The molecule has 1 nitrogen and oxygen atoms in total. The molecule has 1 N–H and O–H groups in total. The Morgan fingerprint density at radius 1 is 1.00 bits per heavy atom. The minimum Gasteiger partial charge on any atom is -0.870 e. The van der Waals surface area contributed by atoms with Crippen LogP contribution in [0.1, 0.15) is 0 Å². The Kier molecular flexibility index (Phi) is 24.7. The quantitative estimate of drug-likeness (QED) is 0.366. The number of rotatable bonds is 0. The van der Waals surface area contributed by atoms with E-state index in [0.717, 1.165) is 0 Å². The summed E-state index contributed by atoms with van der Waals surface area (Å²) in [4.78, 5) is 0. The second-order valence-corrected chi connectivity index (χ2v) is 7.79. The van der Waals surface area contributed by atoms with E-state index in [1.165, 1.54) is 0 Å². The van der Waals surface area contributed by atoms with Gasteiger partial charge in [0.15, 0.2) is 0 Å². The van der Waals surface area contributed by atoms with Gasteiger partial charge in [0, 0.05) is 0 Å². The van der Waals surface area contributed by atoms with E-state index in [1.54, 1.807) is 0 Å². The van der Waals surface area contributed by atoms with Gasteiger partial charge in [-0.2, -0.15) is 0 Å². The molecule has 0 rings (SSSR count). The first-order valence-corrected chi connectivity index (χ1v) is 7.79. The molecule has 1 radical (unpaired) electrons. The molecule has 0 aliphatic heterocycles. The van der Waals surface area contributed by atoms with Crippen LogP contribution in [0.4, 0.5) is 0 Å². The van der Waals surface area contributed by atoms with Crippen molar-refractivity contribution in [2.24, 2.45) is 0 Å². The Balaban J connectivity index is -0.0000000450. The Bertz CT molecular complexity index is 15.5. The molecular formula is C3H10GeLiO. The van der Waals surface area contributed by atoms with Crippen molar-refractivity contribution in [2.75, 3.05) is 0 Å². The Morgan fingerprint density at radius 3 is 1.00 bits per heavy atom. The van der Waals surface area contributed by atoms with E-state index >= 15 is 0 Å². The molecule has 0 saturated carbocycles. The second-order valence-electron chi connectivity index (χ2n) is 1.50. The van der Waals surface area contributed by atoms with Crippen LogP contribution in [-0.4, -0.2) is 19.8 Å². The van der Waals surface area contributed by atoms with Gasteiger partial charge in [-0.25, -0.2) is 0 Å². The average molecular weight is 142 g/mol. The smallest absolute Gasteiger partial charge is 0.870 e. The molecule has 6 heavy (non-hydrogen) atoms. The Hall–Kier alpha value is 1.10. The van der Waals surface area contributed by atoms with E-state index < -0.39 is 0 Å². The summed E-state index contributed by atoms with van der Waals surface area (Å²) < 4.78 is 0. The maximum Gasteiger partial charge on any atom is 1.00 e. The molecule has 0 fully saturated rings. The Labute approximate surface area is 56.1 Å². The SMILES string of the molecule is [CH3][Ge]([CH3])[CH3].[Li+].[OH-]. The van der Waals surface area contributed by atoms with Crippen LogP contribution in [0.3, 0.4) is 0 Å². The predicted octanol–water partition coefficient (Wildman–Crippen LogP) is -1.80. The first-order valence-electron chi connectivity index (χ1n) is 1.50. The molecule has 0 aliphatic carbocycles. The van der Waals surface area contributed by atoms with Gasteiger partial charge in [0.05, 0.1) is 0 Å². The van der Waals surface area contributed by atoms with Gasteiger partial charge < -0.3 is 5.48 Å². The third-order valence-corrected chi connectivity index (χ3v) is 0. The summed E-state index contributed by atoms with van der Waals surface area (Å²) in [7, 11) is 0. The van der Waals surface area contributed by atoms with Crippen molar-refractivity contribution >= 4 is 14.3 Å². The van der Waals surface area contributed by atoms with Gasteiger partial charge in [-0.15, -0.1) is 0 Å². The van der Waals surface area contributed by atoms with Crippen molar-refractivity contribution < 1.29 is 24.3 Å². The molecule has 3 heteroatoms. The zero-order valence-electron chi connectivity index (χ0n) is 4.95. The maximum atomic E-state index is 2.33. The maximum absolute atomic E-state index is 2.33. The van der Waals surface area contributed by atoms with Crippen molar-refractivity contribution in [3.8, 4) is 0 Å². The largest absolute Gasteiger partial charge is 1.00 e. The third kappa shape index (κ3) is 70.8. The minimum absolute atomic E-state index is 0. The third-order valence-electron chi connectivity index (χ3n) is 0. The molecule has 0 bridgehead atoms. The number of hydrogen-bond acceptors (Lipinski definition) is 1. The summed E-state index contributed by atoms with van der Waals surface area (Å²) in [6.45, 7) is 0. The summed E-state index contributed by atoms with van der Waals surface area (Å²) in [5, 5.41) is 0. The zero-order valence-corrected chi connectivity index (χ0v) is 7.05. The summed E-state index contributed by atoms with van der Waals surface area (Å²) in [5.74, 6) is 7.00. The molecule has 0 aromatic carbocycles. The summed E-state index contributed by atoms with van der Waals surface area (Å²) in [6, 6.07) is 0. The summed E-state index contributed by atoms with van der Waals surface area (Å²) in [6.07, 6.45) is 0. The van der Waals surface area contributed by atoms with Crippen molar-refractivity contribution in [1.29, 1.82) is 0 Å². The van der Waals surface area contributed by atoms with Crippen LogP contribution < -0.4 is 18.9 Å². The molecule has 0 atom stereocenters. The molecule has 0 unspecified atom stereocenters. The first-order chi connectivity index (χ1) is 1.73.